The van der Waals surface area contributed by atoms with Crippen LogP contribution in [0.4, 0.5) is 5.88 Å². The highest BCUT2D eigenvalue weighted by atomic mass is 35.5. The van der Waals surface area contributed by atoms with Crippen LogP contribution in [0.2, 0.25) is 5.02 Å². The van der Waals surface area contributed by atoms with Crippen molar-refractivity contribution < 1.29 is 12.8 Å². The summed E-state index contributed by atoms with van der Waals surface area (Å²) in [5.41, 5.74) is 0.746. The molecule has 0 aliphatic carbocycles. The van der Waals surface area contributed by atoms with Crippen LogP contribution >= 0.6 is 11.6 Å². The van der Waals surface area contributed by atoms with Crippen LogP contribution in [0.3, 0.4) is 0 Å². The van der Waals surface area contributed by atoms with E-state index in [1.807, 2.05) is 35.2 Å². The Hall–Kier alpha value is -2.31. The third kappa shape index (κ3) is 3.80. The molecule has 0 bridgehead atoms. The lowest BCUT2D eigenvalue weighted by molar-refractivity contribution is 0.543. The highest BCUT2D eigenvalue weighted by Crippen LogP contribution is 2.35. The molecular formula is C21H21ClN2O3S. The zero-order chi connectivity index (χ0) is 19.6. The molecule has 28 heavy (non-hydrogen) atoms. The standard InChI is InChI=1S/C21H21ClN2O3S/c22-17-10-12-18(13-11-17)28(25,26)20-21(24-14-6-1-2-7-15-24)27-19(23-20)16-8-4-3-5-9-16/h3-5,8-13H,1-2,6-7,14-15H2. The Labute approximate surface area is 169 Å². The lowest BCUT2D eigenvalue weighted by Gasteiger charge is -2.20. The van der Waals surface area contributed by atoms with Crippen LogP contribution in [0.1, 0.15) is 25.7 Å². The second-order valence-corrected chi connectivity index (χ2v) is 9.16. The number of hydrogen-bond donors (Lipinski definition) is 0. The molecule has 2 aromatic carbocycles. The monoisotopic (exact) mass is 416 g/mol. The van der Waals surface area contributed by atoms with Crippen molar-refractivity contribution in [3.63, 3.8) is 0 Å². The number of nitrogens with zero attached hydrogens (tertiary/aromatic N) is 2. The van der Waals surface area contributed by atoms with Gasteiger partial charge < -0.3 is 9.32 Å². The zero-order valence-electron chi connectivity index (χ0n) is 15.3. The Morgan fingerprint density at radius 3 is 2.18 bits per heavy atom. The topological polar surface area (TPSA) is 63.4 Å². The number of oxazole rings is 1. The second kappa shape index (κ2) is 7.97. The predicted molar refractivity (Wildman–Crippen MR) is 110 cm³/mol. The van der Waals surface area contributed by atoms with Crippen molar-refractivity contribution in [1.82, 2.24) is 4.98 Å². The van der Waals surface area contributed by atoms with E-state index >= 15 is 0 Å². The summed E-state index contributed by atoms with van der Waals surface area (Å²) in [5.74, 6) is 0.642. The van der Waals surface area contributed by atoms with E-state index in [9.17, 15) is 8.42 Å². The molecule has 1 fully saturated rings. The lowest BCUT2D eigenvalue weighted by atomic mass is 10.2. The molecule has 1 saturated heterocycles. The molecule has 0 N–H and O–H groups in total. The molecule has 7 heteroatoms. The summed E-state index contributed by atoms with van der Waals surface area (Å²) in [7, 11) is -3.84. The van der Waals surface area contributed by atoms with E-state index in [0.29, 0.717) is 16.8 Å². The van der Waals surface area contributed by atoms with Crippen molar-refractivity contribution in [2.75, 3.05) is 18.0 Å². The molecule has 0 atom stereocenters. The molecule has 0 spiro atoms. The molecule has 0 radical (unpaired) electrons. The Morgan fingerprint density at radius 1 is 0.893 bits per heavy atom. The fraction of sp³-hybridized carbons (Fsp3) is 0.286. The number of sulfone groups is 1. The van der Waals surface area contributed by atoms with Gasteiger partial charge in [-0.2, -0.15) is 4.98 Å². The zero-order valence-corrected chi connectivity index (χ0v) is 16.9. The van der Waals surface area contributed by atoms with E-state index in [-0.39, 0.29) is 9.92 Å². The summed E-state index contributed by atoms with van der Waals surface area (Å²) in [4.78, 5) is 6.59. The van der Waals surface area contributed by atoms with Gasteiger partial charge in [0.05, 0.1) is 4.90 Å². The maximum Gasteiger partial charge on any atom is 0.236 e. The van der Waals surface area contributed by atoms with Gasteiger partial charge in [0.15, 0.2) is 0 Å². The summed E-state index contributed by atoms with van der Waals surface area (Å²) in [6.07, 6.45) is 4.27. The van der Waals surface area contributed by atoms with Crippen LogP contribution in [0.15, 0.2) is 68.9 Å². The quantitative estimate of drug-likeness (QED) is 0.584. The minimum absolute atomic E-state index is 0.0319. The van der Waals surface area contributed by atoms with Crippen LogP contribution in [-0.4, -0.2) is 26.5 Å². The number of rotatable bonds is 4. The SMILES string of the molecule is O=S(=O)(c1ccc(Cl)cc1)c1nc(-c2ccccc2)oc1N1CCCCCC1. The smallest absolute Gasteiger partial charge is 0.236 e. The molecule has 3 aromatic rings. The molecule has 146 valence electrons. The van der Waals surface area contributed by atoms with E-state index in [2.05, 4.69) is 4.98 Å². The van der Waals surface area contributed by atoms with Crippen molar-refractivity contribution in [1.29, 1.82) is 0 Å². The molecule has 0 saturated carbocycles. The van der Waals surface area contributed by atoms with E-state index in [1.54, 1.807) is 12.1 Å². The second-order valence-electron chi connectivity index (χ2n) is 6.85. The van der Waals surface area contributed by atoms with Crippen LogP contribution < -0.4 is 4.90 Å². The molecule has 0 unspecified atom stereocenters. The van der Waals surface area contributed by atoms with Gasteiger partial charge in [-0.25, -0.2) is 8.42 Å². The number of anilines is 1. The summed E-state index contributed by atoms with van der Waals surface area (Å²) in [5, 5.41) is 0.451. The molecule has 2 heterocycles. The van der Waals surface area contributed by atoms with E-state index in [0.717, 1.165) is 44.3 Å². The molecule has 0 amide bonds. The molecular weight excluding hydrogens is 396 g/mol. The molecule has 1 aromatic heterocycles. The molecule has 5 nitrogen and oxygen atoms in total. The van der Waals surface area contributed by atoms with Gasteiger partial charge in [0, 0.05) is 23.7 Å². The average molecular weight is 417 g/mol. The summed E-state index contributed by atoms with van der Waals surface area (Å²) in [6.45, 7) is 1.51. The number of benzene rings is 2. The maximum atomic E-state index is 13.3. The first-order chi connectivity index (χ1) is 13.6. The van der Waals surface area contributed by atoms with Gasteiger partial charge >= 0.3 is 0 Å². The maximum absolute atomic E-state index is 13.3. The van der Waals surface area contributed by atoms with Gasteiger partial charge in [0.1, 0.15) is 0 Å². The lowest BCUT2D eigenvalue weighted by Crippen LogP contribution is -2.25. The Kier molecular flexibility index (Phi) is 5.42. The van der Waals surface area contributed by atoms with Crippen molar-refractivity contribution in [3.8, 4) is 11.5 Å². The van der Waals surface area contributed by atoms with Crippen molar-refractivity contribution in [2.24, 2.45) is 0 Å². The largest absolute Gasteiger partial charge is 0.419 e. The van der Waals surface area contributed by atoms with E-state index < -0.39 is 9.84 Å². The summed E-state index contributed by atoms with van der Waals surface area (Å²) < 4.78 is 32.7. The van der Waals surface area contributed by atoms with Gasteiger partial charge in [-0.05, 0) is 49.2 Å². The van der Waals surface area contributed by atoms with E-state index in [1.165, 1.54) is 12.1 Å². The van der Waals surface area contributed by atoms with Crippen molar-refractivity contribution in [3.05, 3.63) is 59.6 Å². The Balaban J connectivity index is 1.84. The first kappa shape index (κ1) is 19.0. The van der Waals surface area contributed by atoms with Crippen molar-refractivity contribution >= 4 is 27.3 Å². The van der Waals surface area contributed by atoms with Crippen molar-refractivity contribution in [2.45, 2.75) is 35.6 Å². The van der Waals surface area contributed by atoms with Crippen LogP contribution in [-0.2, 0) is 9.84 Å². The van der Waals surface area contributed by atoms with Crippen LogP contribution in [0.25, 0.3) is 11.5 Å². The van der Waals surface area contributed by atoms with E-state index in [4.69, 9.17) is 16.0 Å². The van der Waals surface area contributed by atoms with Gasteiger partial charge in [-0.15, -0.1) is 0 Å². The first-order valence-corrected chi connectivity index (χ1v) is 11.2. The highest BCUT2D eigenvalue weighted by Gasteiger charge is 2.31. The molecule has 1 aliphatic rings. The fourth-order valence-corrected chi connectivity index (χ4v) is 4.82. The minimum atomic E-state index is -3.84. The van der Waals surface area contributed by atoms with Gasteiger partial charge in [-0.1, -0.05) is 42.6 Å². The van der Waals surface area contributed by atoms with Gasteiger partial charge in [0.25, 0.3) is 0 Å². The number of hydrogen-bond acceptors (Lipinski definition) is 5. The average Bonchev–Trinajstić information content (AvgIpc) is 2.99. The number of halogens is 1. The fourth-order valence-electron chi connectivity index (χ4n) is 3.38. The normalized spacial score (nSPS) is 15.4. The summed E-state index contributed by atoms with van der Waals surface area (Å²) >= 11 is 5.93. The number of aromatic nitrogens is 1. The van der Waals surface area contributed by atoms with Crippen LogP contribution in [0.5, 0.6) is 0 Å². The first-order valence-electron chi connectivity index (χ1n) is 9.37. The molecule has 1 aliphatic heterocycles. The minimum Gasteiger partial charge on any atom is -0.419 e. The Morgan fingerprint density at radius 2 is 1.54 bits per heavy atom. The third-order valence-electron chi connectivity index (χ3n) is 4.87. The molecule has 4 rings (SSSR count). The third-order valence-corrected chi connectivity index (χ3v) is 6.79. The predicted octanol–water partition coefficient (Wildman–Crippen LogP) is 5.21. The summed E-state index contributed by atoms with van der Waals surface area (Å²) in [6, 6.07) is 15.5. The van der Waals surface area contributed by atoms with Crippen LogP contribution in [0, 0.1) is 0 Å². The van der Waals surface area contributed by atoms with Gasteiger partial charge in [-0.3, -0.25) is 0 Å². The van der Waals surface area contributed by atoms with Gasteiger partial charge in [0.2, 0.25) is 26.6 Å². The Bertz CT molecular complexity index is 1040. The highest BCUT2D eigenvalue weighted by molar-refractivity contribution is 7.91.